The number of imidazole rings is 5. The lowest BCUT2D eigenvalue weighted by atomic mass is 10.1. The summed E-state index contributed by atoms with van der Waals surface area (Å²) in [5.41, 5.74) is 26.5. The van der Waals surface area contributed by atoms with E-state index < -0.39 is 0 Å². The molecule has 50 heteroatoms. The predicted octanol–water partition coefficient (Wildman–Crippen LogP) is 15.0. The number of methoxy groups -OCH3 is 8. The van der Waals surface area contributed by atoms with Gasteiger partial charge in [0.2, 0.25) is 34.4 Å². The fourth-order valence-corrected chi connectivity index (χ4v) is 16.7. The van der Waals surface area contributed by atoms with Crippen LogP contribution in [0.15, 0.2) is 145 Å². The third-order valence-corrected chi connectivity index (χ3v) is 24.1. The number of hydrogen-bond donors (Lipinski definition) is 12. The van der Waals surface area contributed by atoms with E-state index >= 15 is 0 Å². The summed E-state index contributed by atoms with van der Waals surface area (Å²) in [4.78, 5) is 89.6. The largest absolute Gasteiger partial charge is 0.493 e. The zero-order chi connectivity index (χ0) is 105. The van der Waals surface area contributed by atoms with Crippen molar-refractivity contribution in [3.63, 3.8) is 0 Å². The lowest BCUT2D eigenvalue weighted by Gasteiger charge is -2.28. The molecular formula is C99H123Br3Cl3N31O13. The zero-order valence-corrected chi connectivity index (χ0v) is 91.3. The summed E-state index contributed by atoms with van der Waals surface area (Å²) in [5, 5.41) is 17.1. The van der Waals surface area contributed by atoms with Crippen molar-refractivity contribution >= 4 is 193 Å². The Kier molecular flexibility index (Phi) is 44.8. The molecule has 149 heavy (non-hydrogen) atoms. The Balaban J connectivity index is 0.000000150. The zero-order valence-electron chi connectivity index (χ0n) is 84.3. The third-order valence-electron chi connectivity index (χ3n) is 23.1. The quantitative estimate of drug-likeness (QED) is 0.00938. The molecule has 0 spiro atoms. The van der Waals surface area contributed by atoms with Crippen molar-refractivity contribution in [2.45, 2.75) is 39.5 Å². The van der Waals surface area contributed by atoms with Crippen LogP contribution >= 0.6 is 79.0 Å². The SMILES string of the molecule is BrBr.C1COCCN1.COc1ccc(CCN)cc1OC.COc1ccc(CCNc2nc(N3CCOCC3)c3[nH]c(Br)nc3n2)cc1OC.COc1ccc(CCNc2nc(N3CCOCC3)c3[nH]c(Nc4cccc(C)c4)nc3n2)cc1OC.COc1ccc(CCNc2nc(N3CCOCC3)c3[nH]cnc3n2)cc1OC.Cc1cccc(N)c1.Clc1nc(Cl)c2[nH]cnc2n1.Clc1nc(N2CCOCC2)c2[nH]cnc2n1. The molecule has 0 radical (unpaired) electrons. The normalized spacial score (nSPS) is 13.7. The van der Waals surface area contributed by atoms with Crippen molar-refractivity contribution in [3.05, 3.63) is 194 Å². The van der Waals surface area contributed by atoms with Gasteiger partial charge in [0.15, 0.2) is 107 Å². The van der Waals surface area contributed by atoms with Gasteiger partial charge in [-0.25, -0.2) is 24.9 Å². The molecule has 15 heterocycles. The van der Waals surface area contributed by atoms with Crippen molar-refractivity contribution in [3.8, 4) is 46.0 Å². The van der Waals surface area contributed by atoms with Crippen LogP contribution < -0.4 is 95.5 Å². The number of halogens is 6. The van der Waals surface area contributed by atoms with Gasteiger partial charge in [-0.15, -0.1) is 0 Å². The van der Waals surface area contributed by atoms with Gasteiger partial charge in [-0.05, 0) is 191 Å². The minimum Gasteiger partial charge on any atom is -0.493 e. The second-order valence-electron chi connectivity index (χ2n) is 33.0. The Morgan fingerprint density at radius 1 is 0.362 bits per heavy atom. The van der Waals surface area contributed by atoms with Gasteiger partial charge in [-0.3, -0.25) is 0 Å². The summed E-state index contributed by atoms with van der Waals surface area (Å²) in [6, 6.07) is 39.6. The van der Waals surface area contributed by atoms with Gasteiger partial charge in [0.25, 0.3) is 0 Å². The summed E-state index contributed by atoms with van der Waals surface area (Å²) in [6.45, 7) is 22.4. The van der Waals surface area contributed by atoms with Gasteiger partial charge in [0.05, 0.1) is 142 Å². The highest BCUT2D eigenvalue weighted by Gasteiger charge is 2.26. The Morgan fingerprint density at radius 2 is 0.711 bits per heavy atom. The first-order valence-corrected chi connectivity index (χ1v) is 53.4. The molecular weight excluding hydrogens is 2180 g/mol. The minimum atomic E-state index is 0.106. The topological polar surface area (TPSA) is 517 Å². The number of anilines is 10. The molecule has 16 aromatic rings. The molecule has 6 aromatic carbocycles. The molecule has 0 amide bonds. The molecule has 794 valence electrons. The molecule has 5 aliphatic rings. The van der Waals surface area contributed by atoms with E-state index in [2.05, 4.69) is 184 Å². The monoisotopic (exact) mass is 2300 g/mol. The third kappa shape index (κ3) is 33.1. The lowest BCUT2D eigenvalue weighted by molar-refractivity contribution is 0.109. The van der Waals surface area contributed by atoms with Crippen LogP contribution in [0, 0.1) is 13.8 Å². The lowest BCUT2D eigenvalue weighted by Crippen LogP contribution is -2.37. The van der Waals surface area contributed by atoms with E-state index in [4.69, 9.17) is 133 Å². The van der Waals surface area contributed by atoms with Crippen LogP contribution in [0.4, 0.5) is 58.4 Å². The number of hydrogen-bond acceptors (Lipinski definition) is 39. The van der Waals surface area contributed by atoms with Gasteiger partial charge in [0.1, 0.15) is 27.6 Å². The molecule has 14 N–H and O–H groups in total. The summed E-state index contributed by atoms with van der Waals surface area (Å²) in [7, 11) is 13.1. The van der Waals surface area contributed by atoms with Gasteiger partial charge in [-0.1, -0.05) is 60.1 Å². The number of nitrogen functional groups attached to an aromatic ring is 1. The fourth-order valence-electron chi connectivity index (χ4n) is 15.7. The molecule has 5 saturated heterocycles. The molecule has 0 atom stereocenters. The first kappa shape index (κ1) is 113. The molecule has 0 saturated carbocycles. The Morgan fingerprint density at radius 3 is 1.09 bits per heavy atom. The summed E-state index contributed by atoms with van der Waals surface area (Å²) in [6.07, 6.45) is 7.96. The predicted molar refractivity (Wildman–Crippen MR) is 592 cm³/mol. The average molecular weight is 2300 g/mol. The standard InChI is InChI=1S/C26H31N7O3.C19H23BrN6O3.C19H24N6O3.C10H15NO2.C9H10ClN5O.C7H9N.C5H2Cl2N4.C4H9NO.Br2/c1-17-5-4-6-19(15-17)28-26-29-22-23(31-26)30-25(32-24(22)33-11-13-36-14-12-33)27-10-9-18-7-8-20(34-2)21(16-18)35-3;1-27-13-4-3-12(11-14(13)28-2)5-6-21-19-24-16-15(22-18(20)23-16)17(25-19)26-7-9-29-10-8-26;1-26-14-4-3-13(11-15(14)27-2)5-6-20-19-23-17-16(21-12-22-17)18(24-19)25-7-9-28-10-8-25;1-12-9-4-3-8(5-6-11)7-10(9)13-2;10-9-13-7-6(11-5-12-7)8(14-9)15-1-3-16-4-2-15;1-6-3-2-4-7(8)5-6;6-3-2-4(9-1-8-2)11-5(7)10-3;1-3-6-4-2-5-1;1-2/h4-8,15-16H,9-14H2,1-3H3,(H3,27,28,29,30,31,32);3-4,11H,5-10H2,1-2H3,(H2,21,22,23,24,25);3-4,11-12H,5-10H2,1-2H3,(H2,20,21,22,23,24);3-4,7H,5-6,11H2,1-2H3;5H,1-4H2,(H,11,12,13,14);2-5H,8H2,1H3;1H,(H,8,9,10,11);5H,1-4H2;. The number of morpholine rings is 5. The maximum absolute atomic E-state index is 5.87. The smallest absolute Gasteiger partial charge is 0.226 e. The van der Waals surface area contributed by atoms with Crippen LogP contribution in [-0.2, 0) is 49.4 Å². The number of rotatable bonds is 28. The second kappa shape index (κ2) is 59.2. The van der Waals surface area contributed by atoms with Crippen LogP contribution in [-0.4, -0.2) is 314 Å². The Hall–Kier alpha value is -13.3. The van der Waals surface area contributed by atoms with Gasteiger partial charge in [-0.2, -0.15) is 49.8 Å². The number of benzene rings is 6. The number of nitrogens with zero attached hydrogens (tertiary/aromatic N) is 19. The number of aromatic amines is 5. The highest BCUT2D eigenvalue weighted by Crippen LogP contribution is 2.36. The molecule has 5 aliphatic heterocycles. The van der Waals surface area contributed by atoms with E-state index in [1.165, 1.54) is 23.0 Å². The van der Waals surface area contributed by atoms with E-state index in [9.17, 15) is 0 Å². The van der Waals surface area contributed by atoms with E-state index in [0.717, 1.165) is 212 Å². The van der Waals surface area contributed by atoms with Crippen LogP contribution in [0.3, 0.4) is 0 Å². The summed E-state index contributed by atoms with van der Waals surface area (Å²) >= 11 is 26.0. The number of fused-ring (bicyclic) bond motifs is 5. The number of aromatic nitrogens is 20. The number of nitrogens with two attached hydrogens (primary N) is 2. The molecule has 10 aromatic heterocycles. The maximum atomic E-state index is 5.87. The van der Waals surface area contributed by atoms with Crippen LogP contribution in [0.25, 0.3) is 55.8 Å². The molecule has 44 nitrogen and oxygen atoms in total. The summed E-state index contributed by atoms with van der Waals surface area (Å²) < 4.78 is 69.7. The summed E-state index contributed by atoms with van der Waals surface area (Å²) in [5.74, 6) is 11.4. The number of ether oxygens (including phenoxy) is 13. The van der Waals surface area contributed by atoms with Crippen LogP contribution in [0.2, 0.25) is 15.7 Å². The number of H-pyrrole nitrogens is 5. The van der Waals surface area contributed by atoms with E-state index in [1.807, 2.05) is 116 Å². The molecule has 0 bridgehead atoms. The second-order valence-corrected chi connectivity index (χ2v) is 34.8. The Bertz CT molecular complexity index is 6830. The van der Waals surface area contributed by atoms with Crippen molar-refractivity contribution in [1.29, 1.82) is 0 Å². The highest BCUT2D eigenvalue weighted by atomic mass is 80.9. The highest BCUT2D eigenvalue weighted by molar-refractivity contribution is 9.93. The average Bonchev–Trinajstić information content (AvgIpc) is 1.64. The van der Waals surface area contributed by atoms with E-state index in [0.29, 0.717) is 153 Å². The molecule has 5 fully saturated rings. The Labute approximate surface area is 900 Å². The van der Waals surface area contributed by atoms with Crippen molar-refractivity contribution in [2.75, 3.05) is 261 Å². The van der Waals surface area contributed by atoms with Gasteiger partial charge < -0.3 is 144 Å². The van der Waals surface area contributed by atoms with E-state index in [-0.39, 0.29) is 15.7 Å². The minimum absolute atomic E-state index is 0.106. The number of nitrogens with one attached hydrogen (secondary N) is 10. The number of aryl methyl sites for hydroxylation is 2. The fraction of sp³-hybridized carbons (Fsp3) is 0.384. The first-order chi connectivity index (χ1) is 72.8. The van der Waals surface area contributed by atoms with Crippen molar-refractivity contribution in [1.82, 2.24) is 105 Å². The first-order valence-electron chi connectivity index (χ1n) is 47.8. The van der Waals surface area contributed by atoms with Gasteiger partial charge >= 0.3 is 0 Å². The van der Waals surface area contributed by atoms with E-state index in [1.54, 1.807) is 69.5 Å². The molecule has 0 aliphatic carbocycles. The van der Waals surface area contributed by atoms with Crippen molar-refractivity contribution in [2.24, 2.45) is 5.73 Å². The van der Waals surface area contributed by atoms with Crippen LogP contribution in [0.1, 0.15) is 33.4 Å². The maximum Gasteiger partial charge on any atom is 0.226 e. The molecule has 21 rings (SSSR count). The van der Waals surface area contributed by atoms with Gasteiger partial charge in [0, 0.05) is 125 Å². The molecule has 0 unspecified atom stereocenters. The van der Waals surface area contributed by atoms with Crippen LogP contribution in [0.5, 0.6) is 46.0 Å². The van der Waals surface area contributed by atoms with Crippen molar-refractivity contribution < 1.29 is 61.6 Å².